The Labute approximate surface area is 102 Å². The summed E-state index contributed by atoms with van der Waals surface area (Å²) in [5, 5.41) is 0. The molecular formula is C14H18N2O. The van der Waals surface area contributed by atoms with Crippen molar-refractivity contribution in [2.45, 2.75) is 25.3 Å². The largest absolute Gasteiger partial charge is 0.399 e. The number of carbonyl (C=O) groups excluding carboxylic acids is 1. The summed E-state index contributed by atoms with van der Waals surface area (Å²) in [7, 11) is 1.87. The van der Waals surface area contributed by atoms with Crippen LogP contribution < -0.4 is 5.73 Å². The van der Waals surface area contributed by atoms with Crippen LogP contribution in [0.5, 0.6) is 0 Å². The Kier molecular flexibility index (Phi) is 3.47. The number of hydrogen-bond donors (Lipinski definition) is 1. The summed E-state index contributed by atoms with van der Waals surface area (Å²) in [6, 6.07) is 7.94. The minimum atomic E-state index is 0.0668. The van der Waals surface area contributed by atoms with Crippen LogP contribution in [0.15, 0.2) is 30.3 Å². The van der Waals surface area contributed by atoms with Gasteiger partial charge >= 0.3 is 0 Å². The molecule has 1 fully saturated rings. The Balaban J connectivity index is 1.97. The minimum Gasteiger partial charge on any atom is -0.399 e. The van der Waals surface area contributed by atoms with E-state index in [1.54, 1.807) is 6.08 Å². The topological polar surface area (TPSA) is 46.3 Å². The van der Waals surface area contributed by atoms with Gasteiger partial charge in [-0.05, 0) is 43.0 Å². The molecule has 2 rings (SSSR count). The summed E-state index contributed by atoms with van der Waals surface area (Å²) in [5.74, 6) is 0.0668. The summed E-state index contributed by atoms with van der Waals surface area (Å²) in [6.45, 7) is 0. The number of nitrogen functional groups attached to an aromatic ring is 1. The van der Waals surface area contributed by atoms with E-state index >= 15 is 0 Å². The zero-order valence-electron chi connectivity index (χ0n) is 10.1. The first-order valence-electron chi connectivity index (χ1n) is 5.97. The summed E-state index contributed by atoms with van der Waals surface area (Å²) >= 11 is 0. The van der Waals surface area contributed by atoms with E-state index in [-0.39, 0.29) is 5.91 Å². The third-order valence-corrected chi connectivity index (χ3v) is 3.30. The van der Waals surface area contributed by atoms with E-state index in [0.29, 0.717) is 11.7 Å². The van der Waals surface area contributed by atoms with Crippen molar-refractivity contribution in [2.75, 3.05) is 12.8 Å². The molecule has 0 spiro atoms. The smallest absolute Gasteiger partial charge is 0.246 e. The van der Waals surface area contributed by atoms with Gasteiger partial charge in [0.15, 0.2) is 0 Å². The van der Waals surface area contributed by atoms with E-state index in [1.165, 1.54) is 6.42 Å². The van der Waals surface area contributed by atoms with Crippen molar-refractivity contribution in [3.05, 3.63) is 35.9 Å². The van der Waals surface area contributed by atoms with Gasteiger partial charge in [-0.15, -0.1) is 0 Å². The number of amides is 1. The van der Waals surface area contributed by atoms with Gasteiger partial charge in [0.25, 0.3) is 0 Å². The van der Waals surface area contributed by atoms with Gasteiger partial charge in [0.05, 0.1) is 0 Å². The van der Waals surface area contributed by atoms with Gasteiger partial charge in [0.1, 0.15) is 0 Å². The lowest BCUT2D eigenvalue weighted by molar-refractivity contribution is -0.128. The number of benzene rings is 1. The zero-order valence-corrected chi connectivity index (χ0v) is 10.1. The number of nitrogens with two attached hydrogens (primary N) is 1. The van der Waals surface area contributed by atoms with E-state index < -0.39 is 0 Å². The molecule has 0 aromatic heterocycles. The second-order valence-electron chi connectivity index (χ2n) is 4.54. The van der Waals surface area contributed by atoms with E-state index in [9.17, 15) is 4.79 Å². The predicted molar refractivity (Wildman–Crippen MR) is 70.3 cm³/mol. The van der Waals surface area contributed by atoms with Gasteiger partial charge in [0, 0.05) is 24.9 Å². The monoisotopic (exact) mass is 230 g/mol. The predicted octanol–water partition coefficient (Wildman–Crippen LogP) is 2.29. The fourth-order valence-electron chi connectivity index (χ4n) is 1.90. The van der Waals surface area contributed by atoms with Gasteiger partial charge in [-0.2, -0.15) is 0 Å². The highest BCUT2D eigenvalue weighted by atomic mass is 16.2. The lowest BCUT2D eigenvalue weighted by atomic mass is 9.92. The summed E-state index contributed by atoms with van der Waals surface area (Å²) < 4.78 is 0. The normalized spacial score (nSPS) is 15.8. The lowest BCUT2D eigenvalue weighted by Gasteiger charge is -2.34. The van der Waals surface area contributed by atoms with Crippen LogP contribution in [0.4, 0.5) is 5.69 Å². The number of likely N-dealkylation sites (N-methyl/N-ethyl adjacent to an activating group) is 1. The van der Waals surface area contributed by atoms with Crippen molar-refractivity contribution in [3.63, 3.8) is 0 Å². The number of nitrogens with zero attached hydrogens (tertiary/aromatic N) is 1. The number of carbonyl (C=O) groups is 1. The molecule has 1 aliphatic carbocycles. The first-order chi connectivity index (χ1) is 8.16. The molecule has 0 unspecified atom stereocenters. The molecule has 1 aliphatic rings. The number of rotatable bonds is 3. The quantitative estimate of drug-likeness (QED) is 0.639. The molecular weight excluding hydrogens is 212 g/mol. The van der Waals surface area contributed by atoms with Crippen molar-refractivity contribution < 1.29 is 4.79 Å². The maximum Gasteiger partial charge on any atom is 0.246 e. The molecule has 1 aromatic rings. The van der Waals surface area contributed by atoms with Crippen molar-refractivity contribution in [1.82, 2.24) is 4.90 Å². The van der Waals surface area contributed by atoms with Gasteiger partial charge < -0.3 is 10.6 Å². The molecule has 17 heavy (non-hydrogen) atoms. The average Bonchev–Trinajstić information content (AvgIpc) is 2.23. The minimum absolute atomic E-state index is 0.0668. The Morgan fingerprint density at radius 2 is 2.24 bits per heavy atom. The molecule has 0 aliphatic heterocycles. The summed E-state index contributed by atoms with van der Waals surface area (Å²) in [4.78, 5) is 13.7. The highest BCUT2D eigenvalue weighted by Crippen LogP contribution is 2.23. The Morgan fingerprint density at radius 3 is 2.82 bits per heavy atom. The van der Waals surface area contributed by atoms with Crippen LogP contribution in [-0.2, 0) is 4.79 Å². The molecule has 2 N–H and O–H groups in total. The van der Waals surface area contributed by atoms with Gasteiger partial charge in [-0.25, -0.2) is 0 Å². The van der Waals surface area contributed by atoms with Crippen LogP contribution in [-0.4, -0.2) is 23.9 Å². The number of anilines is 1. The SMILES string of the molecule is CN(C(=O)/C=C/c1cccc(N)c1)C1CCC1. The molecule has 1 aromatic carbocycles. The van der Waals surface area contributed by atoms with Crippen LogP contribution in [0.25, 0.3) is 6.08 Å². The van der Waals surface area contributed by atoms with Crippen LogP contribution in [0.2, 0.25) is 0 Å². The first-order valence-corrected chi connectivity index (χ1v) is 5.97. The van der Waals surface area contributed by atoms with Crippen molar-refractivity contribution in [1.29, 1.82) is 0 Å². The third-order valence-electron chi connectivity index (χ3n) is 3.30. The first kappa shape index (κ1) is 11.7. The number of hydrogen-bond acceptors (Lipinski definition) is 2. The zero-order chi connectivity index (χ0) is 12.3. The second kappa shape index (κ2) is 5.04. The molecule has 0 saturated heterocycles. The highest BCUT2D eigenvalue weighted by molar-refractivity contribution is 5.92. The summed E-state index contributed by atoms with van der Waals surface area (Å²) in [6.07, 6.45) is 6.94. The molecule has 3 heteroatoms. The maximum atomic E-state index is 11.8. The fraction of sp³-hybridized carbons (Fsp3) is 0.357. The molecule has 1 saturated carbocycles. The second-order valence-corrected chi connectivity index (χ2v) is 4.54. The fourth-order valence-corrected chi connectivity index (χ4v) is 1.90. The van der Waals surface area contributed by atoms with Crippen molar-refractivity contribution in [3.8, 4) is 0 Å². The van der Waals surface area contributed by atoms with Gasteiger partial charge in [-0.1, -0.05) is 12.1 Å². The van der Waals surface area contributed by atoms with E-state index in [1.807, 2.05) is 42.3 Å². The van der Waals surface area contributed by atoms with E-state index in [4.69, 9.17) is 5.73 Å². The molecule has 90 valence electrons. The molecule has 3 nitrogen and oxygen atoms in total. The average molecular weight is 230 g/mol. The van der Waals surface area contributed by atoms with Gasteiger partial charge in [-0.3, -0.25) is 4.79 Å². The molecule has 0 bridgehead atoms. The molecule has 0 heterocycles. The van der Waals surface area contributed by atoms with Crippen molar-refractivity contribution in [2.24, 2.45) is 0 Å². The van der Waals surface area contributed by atoms with Crippen LogP contribution >= 0.6 is 0 Å². The molecule has 1 amide bonds. The Morgan fingerprint density at radius 1 is 1.47 bits per heavy atom. The molecule has 0 atom stereocenters. The Hall–Kier alpha value is -1.77. The van der Waals surface area contributed by atoms with E-state index in [2.05, 4.69) is 0 Å². The maximum absolute atomic E-state index is 11.8. The van der Waals surface area contributed by atoms with E-state index in [0.717, 1.165) is 18.4 Å². The Bertz CT molecular complexity index is 436. The standard InChI is InChI=1S/C14H18N2O/c1-16(13-6-3-7-13)14(17)9-8-11-4-2-5-12(15)10-11/h2,4-5,8-10,13H,3,6-7,15H2,1H3/b9-8+. The summed E-state index contributed by atoms with van der Waals surface area (Å²) in [5.41, 5.74) is 7.35. The third kappa shape index (κ3) is 2.87. The van der Waals surface area contributed by atoms with Crippen molar-refractivity contribution >= 4 is 17.7 Å². The van der Waals surface area contributed by atoms with Gasteiger partial charge in [0.2, 0.25) is 5.91 Å². The van der Waals surface area contributed by atoms with Crippen LogP contribution in [0.3, 0.4) is 0 Å². The highest BCUT2D eigenvalue weighted by Gasteiger charge is 2.24. The van der Waals surface area contributed by atoms with Crippen LogP contribution in [0, 0.1) is 0 Å². The molecule has 0 radical (unpaired) electrons. The lowest BCUT2D eigenvalue weighted by Crippen LogP contribution is -2.40. The van der Waals surface area contributed by atoms with Crippen LogP contribution in [0.1, 0.15) is 24.8 Å².